The van der Waals surface area contributed by atoms with E-state index >= 15 is 0 Å². The van der Waals surface area contributed by atoms with Gasteiger partial charge in [-0.25, -0.2) is 4.98 Å². The molecule has 1 aliphatic rings. The van der Waals surface area contributed by atoms with Gasteiger partial charge >= 0.3 is 0 Å². The summed E-state index contributed by atoms with van der Waals surface area (Å²) in [5.74, 6) is 0.936. The molecule has 5 nitrogen and oxygen atoms in total. The van der Waals surface area contributed by atoms with Gasteiger partial charge in [-0.3, -0.25) is 9.78 Å². The van der Waals surface area contributed by atoms with E-state index in [1.165, 1.54) is 0 Å². The summed E-state index contributed by atoms with van der Waals surface area (Å²) in [5.41, 5.74) is 2.35. The number of benzene rings is 1. The Kier molecular flexibility index (Phi) is 3.11. The highest BCUT2D eigenvalue weighted by atomic mass is 16.3. The Hall–Kier alpha value is -2.69. The van der Waals surface area contributed by atoms with Crippen molar-refractivity contribution in [2.24, 2.45) is 0 Å². The molecule has 1 aliphatic heterocycles. The van der Waals surface area contributed by atoms with Crippen LogP contribution in [0.5, 0.6) is 0 Å². The number of hydrogen-bond acceptors (Lipinski definition) is 4. The maximum Gasteiger partial charge on any atom is 0.253 e. The molecule has 2 aromatic heterocycles. The molecule has 4 rings (SSSR count). The molecule has 0 saturated carbocycles. The second-order valence-corrected chi connectivity index (χ2v) is 5.49. The van der Waals surface area contributed by atoms with Crippen molar-refractivity contribution in [3.05, 3.63) is 60.2 Å². The van der Waals surface area contributed by atoms with Crippen LogP contribution in [-0.4, -0.2) is 33.9 Å². The highest BCUT2D eigenvalue weighted by Gasteiger charge is 2.31. The lowest BCUT2D eigenvalue weighted by molar-refractivity contribution is 0.0790. The van der Waals surface area contributed by atoms with Gasteiger partial charge in [0.25, 0.3) is 5.91 Å². The first-order valence-corrected chi connectivity index (χ1v) is 7.36. The van der Waals surface area contributed by atoms with Crippen molar-refractivity contribution in [3.63, 3.8) is 0 Å². The first-order valence-electron chi connectivity index (χ1n) is 7.36. The fraction of sp³-hybridized carbons (Fsp3) is 0.235. The monoisotopic (exact) mass is 293 g/mol. The largest absolute Gasteiger partial charge is 0.440 e. The molecule has 1 amide bonds. The van der Waals surface area contributed by atoms with Crippen LogP contribution in [0.1, 0.15) is 28.6 Å². The van der Waals surface area contributed by atoms with Gasteiger partial charge in [0, 0.05) is 31.0 Å². The van der Waals surface area contributed by atoms with Crippen molar-refractivity contribution in [1.82, 2.24) is 14.9 Å². The quantitative estimate of drug-likeness (QED) is 0.729. The van der Waals surface area contributed by atoms with Crippen LogP contribution in [0, 0.1) is 0 Å². The first kappa shape index (κ1) is 13.0. The van der Waals surface area contributed by atoms with Crippen LogP contribution < -0.4 is 0 Å². The van der Waals surface area contributed by atoms with Gasteiger partial charge in [0.05, 0.1) is 5.92 Å². The van der Waals surface area contributed by atoms with Gasteiger partial charge in [0.15, 0.2) is 11.5 Å². The molecule has 3 heterocycles. The Morgan fingerprint density at radius 2 is 2.00 bits per heavy atom. The zero-order valence-electron chi connectivity index (χ0n) is 12.0. The molecule has 1 saturated heterocycles. The number of fused-ring (bicyclic) bond motifs is 1. The zero-order chi connectivity index (χ0) is 14.9. The minimum Gasteiger partial charge on any atom is -0.440 e. The van der Waals surface area contributed by atoms with Crippen LogP contribution in [0.15, 0.2) is 53.2 Å². The molecule has 0 spiro atoms. The third-order valence-electron chi connectivity index (χ3n) is 4.06. The molecular weight excluding hydrogens is 278 g/mol. The summed E-state index contributed by atoms with van der Waals surface area (Å²) in [6.45, 7) is 1.37. The Morgan fingerprint density at radius 3 is 2.82 bits per heavy atom. The summed E-state index contributed by atoms with van der Waals surface area (Å²) in [7, 11) is 0. The van der Waals surface area contributed by atoms with Crippen molar-refractivity contribution >= 4 is 17.0 Å². The Bertz CT molecular complexity index is 780. The maximum atomic E-state index is 12.4. The molecule has 5 heteroatoms. The lowest BCUT2D eigenvalue weighted by Gasteiger charge is -2.15. The number of oxazole rings is 1. The number of likely N-dealkylation sites (tertiary alicyclic amines) is 1. The van der Waals surface area contributed by atoms with E-state index in [0.29, 0.717) is 12.1 Å². The third kappa shape index (κ3) is 2.24. The van der Waals surface area contributed by atoms with Gasteiger partial charge in [-0.1, -0.05) is 12.1 Å². The van der Waals surface area contributed by atoms with Crippen molar-refractivity contribution in [2.45, 2.75) is 12.3 Å². The zero-order valence-corrected chi connectivity index (χ0v) is 12.0. The number of amides is 1. The van der Waals surface area contributed by atoms with Crippen LogP contribution in [0.25, 0.3) is 11.1 Å². The average molecular weight is 293 g/mol. The highest BCUT2D eigenvalue weighted by Crippen LogP contribution is 2.29. The van der Waals surface area contributed by atoms with Gasteiger partial charge in [-0.2, -0.15) is 0 Å². The smallest absolute Gasteiger partial charge is 0.253 e. The van der Waals surface area contributed by atoms with Gasteiger partial charge in [-0.15, -0.1) is 0 Å². The molecule has 1 atom stereocenters. The van der Waals surface area contributed by atoms with Gasteiger partial charge in [0.1, 0.15) is 5.52 Å². The molecule has 0 radical (unpaired) electrons. The predicted molar refractivity (Wildman–Crippen MR) is 81.5 cm³/mol. The molecule has 0 bridgehead atoms. The van der Waals surface area contributed by atoms with E-state index < -0.39 is 0 Å². The average Bonchev–Trinajstić information content (AvgIpc) is 3.21. The Balaban J connectivity index is 1.53. The second kappa shape index (κ2) is 5.26. The number of para-hydroxylation sites is 2. The predicted octanol–water partition coefficient (Wildman–Crippen LogP) is 2.85. The van der Waals surface area contributed by atoms with Crippen LogP contribution in [-0.2, 0) is 0 Å². The fourth-order valence-corrected chi connectivity index (χ4v) is 2.89. The summed E-state index contributed by atoms with van der Waals surface area (Å²) in [6.07, 6.45) is 4.16. The molecule has 110 valence electrons. The number of hydrogen-bond donors (Lipinski definition) is 0. The molecule has 1 fully saturated rings. The summed E-state index contributed by atoms with van der Waals surface area (Å²) in [4.78, 5) is 22.8. The standard InChI is InChI=1S/C17H15N3O2/c21-17(12-5-8-18-9-6-12)20-10-7-13(11-20)16-19-14-3-1-2-4-15(14)22-16/h1-6,8-9,13H,7,10-11H2. The molecule has 3 aromatic rings. The van der Waals surface area contributed by atoms with E-state index in [0.717, 1.165) is 30.0 Å². The number of rotatable bonds is 2. The molecule has 22 heavy (non-hydrogen) atoms. The van der Waals surface area contributed by atoms with Crippen LogP contribution >= 0.6 is 0 Å². The van der Waals surface area contributed by atoms with E-state index in [-0.39, 0.29) is 11.8 Å². The molecular formula is C17H15N3O2. The molecule has 1 aromatic carbocycles. The van der Waals surface area contributed by atoms with E-state index in [2.05, 4.69) is 9.97 Å². The SMILES string of the molecule is O=C(c1ccncc1)N1CCC(c2nc3ccccc3o2)C1. The van der Waals surface area contributed by atoms with Crippen LogP contribution in [0.3, 0.4) is 0 Å². The van der Waals surface area contributed by atoms with Crippen molar-refractivity contribution in [1.29, 1.82) is 0 Å². The minimum absolute atomic E-state index is 0.0426. The van der Waals surface area contributed by atoms with E-state index in [4.69, 9.17) is 4.42 Å². The number of carbonyl (C=O) groups is 1. The van der Waals surface area contributed by atoms with E-state index in [1.54, 1.807) is 24.5 Å². The molecule has 0 N–H and O–H groups in total. The third-order valence-corrected chi connectivity index (χ3v) is 4.06. The highest BCUT2D eigenvalue weighted by molar-refractivity contribution is 5.94. The lowest BCUT2D eigenvalue weighted by Crippen LogP contribution is -2.28. The minimum atomic E-state index is 0.0426. The van der Waals surface area contributed by atoms with Crippen molar-refractivity contribution in [2.75, 3.05) is 13.1 Å². The molecule has 0 aliphatic carbocycles. The number of nitrogens with zero attached hydrogens (tertiary/aromatic N) is 3. The van der Waals surface area contributed by atoms with E-state index in [1.807, 2.05) is 29.2 Å². The van der Waals surface area contributed by atoms with Crippen LogP contribution in [0.4, 0.5) is 0 Å². The van der Waals surface area contributed by atoms with Gasteiger partial charge in [-0.05, 0) is 30.7 Å². The maximum absolute atomic E-state index is 12.4. The fourth-order valence-electron chi connectivity index (χ4n) is 2.89. The Labute approximate surface area is 127 Å². The second-order valence-electron chi connectivity index (χ2n) is 5.49. The summed E-state index contributed by atoms with van der Waals surface area (Å²) >= 11 is 0. The van der Waals surface area contributed by atoms with Crippen molar-refractivity contribution in [3.8, 4) is 0 Å². The van der Waals surface area contributed by atoms with Crippen LogP contribution in [0.2, 0.25) is 0 Å². The van der Waals surface area contributed by atoms with E-state index in [9.17, 15) is 4.79 Å². The summed E-state index contributed by atoms with van der Waals surface area (Å²) < 4.78 is 5.83. The van der Waals surface area contributed by atoms with Gasteiger partial charge < -0.3 is 9.32 Å². The normalized spacial score (nSPS) is 18.0. The number of pyridine rings is 1. The lowest BCUT2D eigenvalue weighted by atomic mass is 10.1. The molecule has 1 unspecified atom stereocenters. The van der Waals surface area contributed by atoms with Crippen molar-refractivity contribution < 1.29 is 9.21 Å². The first-order chi connectivity index (χ1) is 10.8. The number of aromatic nitrogens is 2. The number of carbonyl (C=O) groups excluding carboxylic acids is 1. The summed E-state index contributed by atoms with van der Waals surface area (Å²) in [5, 5.41) is 0. The van der Waals surface area contributed by atoms with Gasteiger partial charge in [0.2, 0.25) is 0 Å². The summed E-state index contributed by atoms with van der Waals surface area (Å²) in [6, 6.07) is 11.2. The Morgan fingerprint density at radius 1 is 1.18 bits per heavy atom. The topological polar surface area (TPSA) is 59.2 Å².